The molecular weight excluding hydrogens is 630 g/mol. The Balaban J connectivity index is 1.40. The maximum absolute atomic E-state index is 13.7. The number of allylic oxidation sites excluding steroid dienone is 4. The second-order valence-corrected chi connectivity index (χ2v) is 14.7. The molecule has 3 aromatic carbocycles. The molecule has 0 saturated heterocycles. The van der Waals surface area contributed by atoms with Gasteiger partial charge >= 0.3 is 0 Å². The Morgan fingerprint density at radius 3 is 1.95 bits per heavy atom. The zero-order valence-corrected chi connectivity index (χ0v) is 26.5. The van der Waals surface area contributed by atoms with Gasteiger partial charge in [0.2, 0.25) is 0 Å². The van der Waals surface area contributed by atoms with Crippen LogP contribution in [0.1, 0.15) is 70.4 Å². The maximum Gasteiger partial charge on any atom is 0.162 e. The van der Waals surface area contributed by atoms with Gasteiger partial charge in [0, 0.05) is 41.3 Å². The lowest BCUT2D eigenvalue weighted by Gasteiger charge is -2.44. The Morgan fingerprint density at radius 2 is 1.35 bits per heavy atom. The SMILES string of the molecule is CC1(C)CC(=O)C2=C(C1)NC1=C(C(=O)CC(C)(C)C1)C2c1cc(Br)c(OCc2cccc3ccccc23)c(Br)c1. The van der Waals surface area contributed by atoms with Crippen LogP contribution < -0.4 is 10.1 Å². The molecule has 0 spiro atoms. The monoisotopic (exact) mass is 661 g/mol. The molecule has 206 valence electrons. The number of hydrogen-bond acceptors (Lipinski definition) is 4. The van der Waals surface area contributed by atoms with Gasteiger partial charge in [0.25, 0.3) is 0 Å². The average molecular weight is 663 g/mol. The van der Waals surface area contributed by atoms with E-state index in [0.29, 0.717) is 25.2 Å². The number of dihydropyridines is 1. The first kappa shape index (κ1) is 27.5. The molecule has 0 unspecified atom stereocenters. The molecule has 0 saturated carbocycles. The topological polar surface area (TPSA) is 55.4 Å². The van der Waals surface area contributed by atoms with E-state index in [0.717, 1.165) is 55.5 Å². The van der Waals surface area contributed by atoms with E-state index < -0.39 is 5.92 Å². The van der Waals surface area contributed by atoms with Crippen molar-refractivity contribution >= 4 is 54.2 Å². The summed E-state index contributed by atoms with van der Waals surface area (Å²) < 4.78 is 7.92. The Bertz CT molecular complexity index is 1570. The van der Waals surface area contributed by atoms with Gasteiger partial charge in [-0.3, -0.25) is 9.59 Å². The number of fused-ring (bicyclic) bond motifs is 1. The third-order valence-corrected chi connectivity index (χ3v) is 9.50. The third-order valence-electron chi connectivity index (χ3n) is 8.32. The van der Waals surface area contributed by atoms with Crippen LogP contribution in [0.2, 0.25) is 0 Å². The highest BCUT2D eigenvalue weighted by molar-refractivity contribution is 9.11. The lowest BCUT2D eigenvalue weighted by atomic mass is 9.64. The molecular formula is C34H33Br2NO3. The van der Waals surface area contributed by atoms with Crippen LogP contribution in [0.4, 0.5) is 0 Å². The summed E-state index contributed by atoms with van der Waals surface area (Å²) >= 11 is 7.52. The second kappa shape index (κ2) is 9.99. The fourth-order valence-corrected chi connectivity index (χ4v) is 8.13. The summed E-state index contributed by atoms with van der Waals surface area (Å²) in [7, 11) is 0. The molecule has 6 heteroatoms. The highest BCUT2D eigenvalue weighted by Gasteiger charge is 2.46. The minimum Gasteiger partial charge on any atom is -0.487 e. The van der Waals surface area contributed by atoms with E-state index in [-0.39, 0.29) is 22.4 Å². The van der Waals surface area contributed by atoms with Gasteiger partial charge < -0.3 is 10.1 Å². The number of carbonyl (C=O) groups is 2. The number of halogens is 2. The number of rotatable bonds is 4. The van der Waals surface area contributed by atoms with Crippen molar-refractivity contribution in [2.75, 3.05) is 0 Å². The van der Waals surface area contributed by atoms with Crippen molar-refractivity contribution in [2.45, 2.75) is 65.9 Å². The van der Waals surface area contributed by atoms with Crippen molar-refractivity contribution < 1.29 is 14.3 Å². The molecule has 6 rings (SSSR count). The number of hydrogen-bond donors (Lipinski definition) is 1. The minimum atomic E-state index is -0.391. The van der Waals surface area contributed by atoms with E-state index in [1.807, 2.05) is 30.3 Å². The lowest BCUT2D eigenvalue weighted by Crippen LogP contribution is -2.42. The smallest absolute Gasteiger partial charge is 0.162 e. The zero-order valence-electron chi connectivity index (χ0n) is 23.3. The molecule has 1 heterocycles. The van der Waals surface area contributed by atoms with Gasteiger partial charge in [-0.25, -0.2) is 0 Å². The van der Waals surface area contributed by atoms with E-state index in [1.165, 1.54) is 10.8 Å². The molecule has 0 atom stereocenters. The van der Waals surface area contributed by atoms with Crippen LogP contribution in [0.5, 0.6) is 5.75 Å². The van der Waals surface area contributed by atoms with Gasteiger partial charge in [0.15, 0.2) is 11.6 Å². The van der Waals surface area contributed by atoms with Gasteiger partial charge in [-0.05, 0) is 89.6 Å². The average Bonchev–Trinajstić information content (AvgIpc) is 2.85. The second-order valence-electron chi connectivity index (χ2n) is 13.0. The van der Waals surface area contributed by atoms with Crippen LogP contribution in [0, 0.1) is 10.8 Å². The van der Waals surface area contributed by atoms with E-state index >= 15 is 0 Å². The molecule has 0 fully saturated rings. The molecule has 1 N–H and O–H groups in total. The maximum atomic E-state index is 13.7. The van der Waals surface area contributed by atoms with Gasteiger partial charge in [-0.2, -0.15) is 0 Å². The van der Waals surface area contributed by atoms with E-state index in [9.17, 15) is 9.59 Å². The molecule has 0 bridgehead atoms. The van der Waals surface area contributed by atoms with Crippen LogP contribution in [-0.2, 0) is 16.2 Å². The van der Waals surface area contributed by atoms with Crippen molar-refractivity contribution in [3.05, 3.63) is 97.2 Å². The zero-order chi connectivity index (χ0) is 28.4. The highest BCUT2D eigenvalue weighted by Crippen LogP contribution is 2.52. The minimum absolute atomic E-state index is 0.122. The van der Waals surface area contributed by atoms with Gasteiger partial charge in [0.1, 0.15) is 12.4 Å². The Labute approximate surface area is 252 Å². The van der Waals surface area contributed by atoms with Crippen LogP contribution in [0.15, 0.2) is 86.1 Å². The summed E-state index contributed by atoms with van der Waals surface area (Å²) in [6.07, 6.45) is 2.51. The molecule has 3 aliphatic rings. The largest absolute Gasteiger partial charge is 0.487 e. The predicted octanol–water partition coefficient (Wildman–Crippen LogP) is 8.92. The molecule has 0 aromatic heterocycles. The Morgan fingerprint density at radius 1 is 0.800 bits per heavy atom. The van der Waals surface area contributed by atoms with E-state index in [4.69, 9.17) is 4.74 Å². The summed E-state index contributed by atoms with van der Waals surface area (Å²) in [6.45, 7) is 8.97. The molecule has 4 nitrogen and oxygen atoms in total. The van der Waals surface area contributed by atoms with Crippen LogP contribution in [-0.4, -0.2) is 11.6 Å². The van der Waals surface area contributed by atoms with Crippen molar-refractivity contribution in [2.24, 2.45) is 10.8 Å². The van der Waals surface area contributed by atoms with Crippen molar-refractivity contribution in [3.8, 4) is 5.75 Å². The van der Waals surface area contributed by atoms with Crippen LogP contribution in [0.3, 0.4) is 0 Å². The number of benzene rings is 3. The quantitative estimate of drug-likeness (QED) is 0.303. The first-order valence-corrected chi connectivity index (χ1v) is 15.4. The summed E-state index contributed by atoms with van der Waals surface area (Å²) in [5.74, 6) is 0.548. The number of nitrogens with one attached hydrogen (secondary N) is 1. The number of ketones is 2. The Kier molecular flexibility index (Phi) is 6.86. The summed E-state index contributed by atoms with van der Waals surface area (Å²) in [4.78, 5) is 27.3. The Hall–Kier alpha value is -2.70. The fraction of sp³-hybridized carbons (Fsp3) is 0.353. The predicted molar refractivity (Wildman–Crippen MR) is 166 cm³/mol. The normalized spacial score (nSPS) is 20.4. The highest BCUT2D eigenvalue weighted by atomic mass is 79.9. The van der Waals surface area contributed by atoms with Crippen molar-refractivity contribution in [3.63, 3.8) is 0 Å². The molecule has 40 heavy (non-hydrogen) atoms. The fourth-order valence-electron chi connectivity index (χ4n) is 6.67. The van der Waals surface area contributed by atoms with Crippen molar-refractivity contribution in [1.29, 1.82) is 0 Å². The third kappa shape index (κ3) is 4.98. The van der Waals surface area contributed by atoms with E-state index in [2.05, 4.69) is 89.1 Å². The molecule has 0 radical (unpaired) electrons. The van der Waals surface area contributed by atoms with Crippen LogP contribution in [0.25, 0.3) is 10.8 Å². The number of Topliss-reactive ketones (excluding diaryl/α,β-unsaturated/α-hetero) is 2. The molecule has 1 aliphatic heterocycles. The van der Waals surface area contributed by atoms with Gasteiger partial charge in [-0.1, -0.05) is 70.2 Å². The number of carbonyl (C=O) groups excluding carboxylic acids is 2. The van der Waals surface area contributed by atoms with Crippen LogP contribution >= 0.6 is 31.9 Å². The standard InChI is InChI=1S/C34H33Br2NO3/c1-33(2)14-25-30(27(38)16-33)29(31-26(37-25)15-34(3,4)17-28(31)39)21-12-23(35)32(24(36)13-21)40-18-20-10-7-9-19-8-5-6-11-22(19)20/h5-13,29,37H,14-18H2,1-4H3. The lowest BCUT2D eigenvalue weighted by molar-refractivity contribution is -0.119. The first-order chi connectivity index (χ1) is 18.9. The first-order valence-electron chi connectivity index (χ1n) is 13.8. The summed E-state index contributed by atoms with van der Waals surface area (Å²) in [6, 6.07) is 18.6. The molecule has 2 aliphatic carbocycles. The summed E-state index contributed by atoms with van der Waals surface area (Å²) in [5, 5.41) is 5.94. The van der Waals surface area contributed by atoms with E-state index in [1.54, 1.807) is 0 Å². The summed E-state index contributed by atoms with van der Waals surface area (Å²) in [5.41, 5.74) is 5.20. The molecule has 3 aromatic rings. The molecule has 0 amide bonds. The van der Waals surface area contributed by atoms with Crippen molar-refractivity contribution in [1.82, 2.24) is 5.32 Å². The van der Waals surface area contributed by atoms with Gasteiger partial charge in [0.05, 0.1) is 8.95 Å². The number of ether oxygens (including phenoxy) is 1. The van der Waals surface area contributed by atoms with Gasteiger partial charge in [-0.15, -0.1) is 0 Å².